The predicted octanol–water partition coefficient (Wildman–Crippen LogP) is -3.53. The van der Waals surface area contributed by atoms with Crippen LogP contribution in [0.15, 0.2) is 0 Å². The van der Waals surface area contributed by atoms with Crippen molar-refractivity contribution in [3.63, 3.8) is 0 Å². The number of amides is 2. The zero-order valence-electron chi connectivity index (χ0n) is 42.4. The molecule has 2 amide bonds. The Bertz CT molecular complexity index is 1660. The number of hydrogen-bond donors (Lipinski definition) is 8. The van der Waals surface area contributed by atoms with E-state index in [9.17, 15) is 60.0 Å². The number of aliphatic hydroxyl groups excluding tert-OH is 6. The Hall–Kier alpha value is -0.382. The molecule has 8 N–H and O–H groups in total. The zero-order chi connectivity index (χ0) is 48.3. The van der Waals surface area contributed by atoms with Crippen molar-refractivity contribution in [3.05, 3.63) is 0 Å². The first-order valence-electron chi connectivity index (χ1n) is 26.0. The van der Waals surface area contributed by atoms with Gasteiger partial charge in [-0.1, -0.05) is 41.5 Å². The van der Waals surface area contributed by atoms with Crippen LogP contribution in [0.3, 0.4) is 0 Å². The van der Waals surface area contributed by atoms with Gasteiger partial charge < -0.3 is 73.5 Å². The van der Waals surface area contributed by atoms with Crippen LogP contribution < -0.4 is 62.8 Å². The first kappa shape index (κ1) is 61.2. The van der Waals surface area contributed by atoms with Gasteiger partial charge in [0.05, 0.1) is 61.7 Å². The van der Waals surface area contributed by atoms with Gasteiger partial charge in [0.2, 0.25) is 11.8 Å². The summed E-state index contributed by atoms with van der Waals surface area (Å²) in [7, 11) is 0. The fourth-order valence-corrected chi connectivity index (χ4v) is 17.9. The van der Waals surface area contributed by atoms with Crippen LogP contribution >= 0.6 is 0 Å². The molecule has 0 aromatic heterocycles. The Morgan fingerprint density at radius 3 is 1.23 bits per heavy atom. The van der Waals surface area contributed by atoms with Crippen molar-refractivity contribution >= 4 is 23.8 Å². The van der Waals surface area contributed by atoms with Gasteiger partial charge >= 0.3 is 50.6 Å². The van der Waals surface area contributed by atoms with Crippen molar-refractivity contribution in [2.24, 2.45) is 92.7 Å². The molecule has 0 aromatic carbocycles. The maximum Gasteiger partial charge on any atom is 2.00 e. The molecule has 8 fully saturated rings. The third-order valence-electron chi connectivity index (χ3n) is 21.6. The molecule has 0 aromatic rings. The number of carboxylic acid groups (broad SMARTS) is 2. The summed E-state index contributed by atoms with van der Waals surface area (Å²) in [6.07, 6.45) is 11.5. The van der Waals surface area contributed by atoms with Gasteiger partial charge in [-0.15, -0.1) is 0 Å². The number of fused-ring (bicyclic) bond motifs is 10. The Labute approximate surface area is 453 Å². The summed E-state index contributed by atoms with van der Waals surface area (Å²) >= 11 is 0. The molecule has 0 saturated heterocycles. The molecule has 8 aliphatic carbocycles. The number of rotatable bonds is 12. The summed E-state index contributed by atoms with van der Waals surface area (Å²) in [6, 6.07) is 0. The Balaban J connectivity index is 0.000000288. The normalized spacial score (nSPS) is 45.6. The molecule has 69 heavy (non-hydrogen) atoms. The van der Waals surface area contributed by atoms with Gasteiger partial charge in [-0.2, -0.15) is 0 Å². The number of hydrogen-bond acceptors (Lipinski definition) is 12. The first-order valence-corrected chi connectivity index (χ1v) is 26.0. The molecule has 14 nitrogen and oxygen atoms in total. The second kappa shape index (κ2) is 24.1. The van der Waals surface area contributed by atoms with Crippen LogP contribution in [-0.4, -0.2) is 104 Å². The van der Waals surface area contributed by atoms with Gasteiger partial charge in [-0.25, -0.2) is 0 Å². The molecular formula is C52H84ClN2NaO12Pt. The number of carbonyl (C=O) groups excluding carboxylic acids is 4. The summed E-state index contributed by atoms with van der Waals surface area (Å²) in [5, 5.41) is 92.2. The van der Waals surface area contributed by atoms with Crippen LogP contribution in [-0.2, 0) is 40.2 Å². The molecule has 0 bridgehead atoms. The van der Waals surface area contributed by atoms with Crippen molar-refractivity contribution in [3.8, 4) is 0 Å². The summed E-state index contributed by atoms with van der Waals surface area (Å²) < 4.78 is 0. The van der Waals surface area contributed by atoms with E-state index in [0.29, 0.717) is 37.5 Å². The Kier molecular flexibility index (Phi) is 21.4. The molecule has 22 atom stereocenters. The molecule has 17 heteroatoms. The molecule has 0 aliphatic heterocycles. The van der Waals surface area contributed by atoms with Crippen molar-refractivity contribution in [1.82, 2.24) is 10.6 Å². The third-order valence-corrected chi connectivity index (χ3v) is 21.6. The van der Waals surface area contributed by atoms with Crippen LogP contribution in [0.1, 0.15) is 157 Å². The molecule has 8 aliphatic rings. The van der Waals surface area contributed by atoms with Gasteiger partial charge in [-0.05, 0) is 195 Å². The monoisotopic (exact) mass is 1180 g/mol. The van der Waals surface area contributed by atoms with Crippen molar-refractivity contribution in [2.75, 3.05) is 13.1 Å². The fourth-order valence-electron chi connectivity index (χ4n) is 17.9. The van der Waals surface area contributed by atoms with Crippen LogP contribution in [0.2, 0.25) is 0 Å². The summed E-state index contributed by atoms with van der Waals surface area (Å²) in [6.45, 7) is 12.4. The summed E-state index contributed by atoms with van der Waals surface area (Å²) in [5.74, 6) is -0.158. The average molecular weight is 1180 g/mol. The van der Waals surface area contributed by atoms with E-state index < -0.39 is 37.2 Å². The Morgan fingerprint density at radius 2 is 0.899 bits per heavy atom. The second-order valence-electron chi connectivity index (χ2n) is 24.4. The van der Waals surface area contributed by atoms with Crippen molar-refractivity contribution in [2.45, 2.75) is 194 Å². The number of nitrogens with one attached hydrogen (secondary N) is 2. The molecule has 0 spiro atoms. The summed E-state index contributed by atoms with van der Waals surface area (Å²) in [5.41, 5.74) is -0.459. The van der Waals surface area contributed by atoms with Gasteiger partial charge in [0, 0.05) is 12.8 Å². The number of aliphatic hydroxyl groups is 6. The van der Waals surface area contributed by atoms with Crippen LogP contribution in [0, 0.1) is 92.7 Å². The molecule has 8 rings (SSSR count). The predicted molar refractivity (Wildman–Crippen MR) is 241 cm³/mol. The number of halogens is 1. The molecule has 0 radical (unpaired) electrons. The Morgan fingerprint density at radius 1 is 0.551 bits per heavy atom. The largest absolute Gasteiger partial charge is 2.00 e. The first-order chi connectivity index (χ1) is 31.0. The van der Waals surface area contributed by atoms with E-state index in [1.54, 1.807) is 0 Å². The average Bonchev–Trinajstić information content (AvgIpc) is 3.81. The maximum atomic E-state index is 12.0. The van der Waals surface area contributed by atoms with Crippen LogP contribution in [0.5, 0.6) is 0 Å². The minimum absolute atomic E-state index is 0. The summed E-state index contributed by atoms with van der Waals surface area (Å²) in [4.78, 5) is 45.2. The van der Waals surface area contributed by atoms with E-state index in [2.05, 4.69) is 52.2 Å². The van der Waals surface area contributed by atoms with Crippen molar-refractivity contribution < 1.29 is 123 Å². The molecule has 10 unspecified atom stereocenters. The maximum absolute atomic E-state index is 12.0. The smallest absolute Gasteiger partial charge is 1.00 e. The van der Waals surface area contributed by atoms with E-state index >= 15 is 0 Å². The van der Waals surface area contributed by atoms with E-state index in [-0.39, 0.29) is 193 Å². The molecule has 392 valence electrons. The van der Waals surface area contributed by atoms with Crippen molar-refractivity contribution in [1.29, 1.82) is 0 Å². The van der Waals surface area contributed by atoms with Gasteiger partial charge in [0.25, 0.3) is 0 Å². The third kappa shape index (κ3) is 11.7. The number of carboxylic acids is 2. The van der Waals surface area contributed by atoms with E-state index in [1.807, 2.05) is 0 Å². The minimum Gasteiger partial charge on any atom is -1.00 e. The van der Waals surface area contributed by atoms with E-state index in [4.69, 9.17) is 0 Å². The van der Waals surface area contributed by atoms with Gasteiger partial charge in [0.1, 0.15) is 0 Å². The zero-order valence-corrected chi connectivity index (χ0v) is 47.4. The van der Waals surface area contributed by atoms with Gasteiger partial charge in [-0.3, -0.25) is 9.59 Å². The molecule has 8 saturated carbocycles. The van der Waals surface area contributed by atoms with Crippen LogP contribution in [0.25, 0.3) is 0 Å². The topological polar surface area (TPSA) is 260 Å². The molecule has 0 heterocycles. The number of aliphatic carboxylic acids is 2. The second-order valence-corrected chi connectivity index (χ2v) is 24.4. The SMILES string of the molecule is CC(CCC(=O)NCC(=O)[O-])[C@H]1CCC2C3C(C[C@H](O)[C@@]21C)[C@@]1(C)CC[C@@H](O)CC1C[C@H]3O.CC(CCC(=O)NCC(=O)[O-])[C@H]1CCC2C3C(C[C@H](O)[C@@]21C)[C@@]1(C)CC[C@@H](O)CC1C[C@H]3O.[Cl-].[Na+].[Pt+2]. The van der Waals surface area contributed by atoms with E-state index in [0.717, 1.165) is 77.0 Å². The van der Waals surface area contributed by atoms with E-state index in [1.165, 1.54) is 0 Å². The number of carbonyl (C=O) groups is 4. The van der Waals surface area contributed by atoms with Gasteiger partial charge in [0.15, 0.2) is 0 Å². The minimum atomic E-state index is -1.29. The van der Waals surface area contributed by atoms with Crippen LogP contribution in [0.4, 0.5) is 0 Å². The fraction of sp³-hybridized carbons (Fsp3) is 0.923. The standard InChI is InChI=1S/2C26H43NO6.ClH.Na.Pt/c2*1-14(4-7-22(31)27-13-23(32)33)17-5-6-18-24-19(12-21(30)26(17,18)3)25(2)9-8-16(28)10-15(25)11-20(24)29;;;/h2*14-21,24,28-30H,4-13H2,1-3H3,(H,27,31)(H,32,33);1H;;/q;;;+1;+2/p-3/t2*14?,15?,16-,17-,18?,19?,20-,21+,24?,25+,26-;;;/m11.../s1. The quantitative estimate of drug-likeness (QED) is 0.0886. The molecular weight excluding hydrogens is 1100 g/mol.